The number of amides is 1. The summed E-state index contributed by atoms with van der Waals surface area (Å²) in [6.07, 6.45) is 3.31. The lowest BCUT2D eigenvalue weighted by Gasteiger charge is -2.18. The van der Waals surface area contributed by atoms with E-state index in [4.69, 9.17) is 9.47 Å². The van der Waals surface area contributed by atoms with Gasteiger partial charge < -0.3 is 14.4 Å². The van der Waals surface area contributed by atoms with Crippen LogP contribution in [0.3, 0.4) is 0 Å². The van der Waals surface area contributed by atoms with Crippen LogP contribution in [0.4, 0.5) is 10.1 Å². The number of methoxy groups -OCH3 is 1. The molecule has 1 saturated heterocycles. The summed E-state index contributed by atoms with van der Waals surface area (Å²) in [5, 5.41) is 6.71. The number of hydrogen-bond donors (Lipinski definition) is 1. The first kappa shape index (κ1) is 17.1. The van der Waals surface area contributed by atoms with Gasteiger partial charge in [-0.1, -0.05) is 12.1 Å². The first-order chi connectivity index (χ1) is 13.2. The second-order valence-electron chi connectivity index (χ2n) is 6.22. The van der Waals surface area contributed by atoms with E-state index in [0.717, 1.165) is 16.8 Å². The van der Waals surface area contributed by atoms with Crippen molar-refractivity contribution in [3.05, 3.63) is 60.7 Å². The smallest absolute Gasteiger partial charge is 0.268 e. The highest BCUT2D eigenvalue weighted by molar-refractivity contribution is 5.99. The lowest BCUT2D eigenvalue weighted by molar-refractivity contribution is -0.122. The maximum atomic E-state index is 14.0. The molecule has 0 aliphatic carbocycles. The molecule has 1 aliphatic rings. The van der Waals surface area contributed by atoms with Gasteiger partial charge in [0.25, 0.3) is 5.91 Å². The molecule has 0 spiro atoms. The average Bonchev–Trinajstić information content (AvgIpc) is 3.35. The molecule has 0 radical (unpaired) electrons. The summed E-state index contributed by atoms with van der Waals surface area (Å²) in [5.41, 5.74) is 2.76. The van der Waals surface area contributed by atoms with Gasteiger partial charge in [0, 0.05) is 36.5 Å². The predicted molar refractivity (Wildman–Crippen MR) is 98.4 cm³/mol. The summed E-state index contributed by atoms with van der Waals surface area (Å²) < 4.78 is 24.7. The fourth-order valence-electron chi connectivity index (χ4n) is 3.12. The number of hydrogen-bond acceptors (Lipinski definition) is 4. The Morgan fingerprint density at radius 1 is 1.19 bits per heavy atom. The van der Waals surface area contributed by atoms with Crippen molar-refractivity contribution in [3.8, 4) is 22.6 Å². The molecule has 1 aromatic heterocycles. The number of rotatable bonds is 5. The fraction of sp³-hybridized carbons (Fsp3) is 0.200. The number of carbonyl (C=O) groups excluding carboxylic acids is 1. The van der Waals surface area contributed by atoms with E-state index in [2.05, 4.69) is 10.2 Å². The zero-order valence-corrected chi connectivity index (χ0v) is 14.7. The first-order valence-electron chi connectivity index (χ1n) is 8.56. The SMILES string of the molecule is COc1ccc(F)c(OC2CCN(c3ccc(-c4cn[nH]c4)cc3)C2=O)c1. The van der Waals surface area contributed by atoms with E-state index in [-0.39, 0.29) is 11.7 Å². The van der Waals surface area contributed by atoms with Gasteiger partial charge in [0.15, 0.2) is 17.7 Å². The molecule has 2 heterocycles. The minimum atomic E-state index is -0.722. The van der Waals surface area contributed by atoms with Crippen molar-refractivity contribution in [3.63, 3.8) is 0 Å². The molecule has 1 amide bonds. The van der Waals surface area contributed by atoms with E-state index in [9.17, 15) is 9.18 Å². The van der Waals surface area contributed by atoms with Crippen LogP contribution >= 0.6 is 0 Å². The maximum Gasteiger partial charge on any atom is 0.268 e. The monoisotopic (exact) mass is 367 g/mol. The molecule has 1 unspecified atom stereocenters. The Labute approximate surface area is 155 Å². The Morgan fingerprint density at radius 3 is 2.70 bits per heavy atom. The number of aromatic amines is 1. The van der Waals surface area contributed by atoms with E-state index >= 15 is 0 Å². The van der Waals surface area contributed by atoms with Gasteiger partial charge in [-0.25, -0.2) is 4.39 Å². The largest absolute Gasteiger partial charge is 0.497 e. The molecule has 1 fully saturated rings. The number of nitrogens with zero attached hydrogens (tertiary/aromatic N) is 2. The van der Waals surface area contributed by atoms with Crippen LogP contribution in [0.1, 0.15) is 6.42 Å². The minimum absolute atomic E-state index is 0.0184. The van der Waals surface area contributed by atoms with Crippen LogP contribution < -0.4 is 14.4 Å². The Morgan fingerprint density at radius 2 is 2.00 bits per heavy atom. The molecule has 3 aromatic rings. The Bertz CT molecular complexity index is 942. The number of anilines is 1. The molecular weight excluding hydrogens is 349 g/mol. The quantitative estimate of drug-likeness (QED) is 0.750. The molecule has 138 valence electrons. The summed E-state index contributed by atoms with van der Waals surface area (Å²) in [6, 6.07) is 11.9. The molecule has 6 nitrogen and oxygen atoms in total. The maximum absolute atomic E-state index is 14.0. The van der Waals surface area contributed by atoms with E-state index < -0.39 is 11.9 Å². The van der Waals surface area contributed by atoms with Crippen LogP contribution in [0.25, 0.3) is 11.1 Å². The molecule has 1 atom stereocenters. The highest BCUT2D eigenvalue weighted by Crippen LogP contribution is 2.29. The third-order valence-electron chi connectivity index (χ3n) is 4.57. The normalized spacial score (nSPS) is 16.6. The fourth-order valence-corrected chi connectivity index (χ4v) is 3.12. The second-order valence-corrected chi connectivity index (χ2v) is 6.22. The Balaban J connectivity index is 1.49. The van der Waals surface area contributed by atoms with Crippen molar-refractivity contribution in [2.45, 2.75) is 12.5 Å². The molecule has 7 heteroatoms. The Kier molecular flexibility index (Phi) is 4.50. The zero-order valence-electron chi connectivity index (χ0n) is 14.7. The predicted octanol–water partition coefficient (Wildman–Crippen LogP) is 3.41. The van der Waals surface area contributed by atoms with E-state index in [1.807, 2.05) is 30.5 Å². The highest BCUT2D eigenvalue weighted by atomic mass is 19.1. The number of aromatic nitrogens is 2. The van der Waals surface area contributed by atoms with Crippen LogP contribution in [0.2, 0.25) is 0 Å². The minimum Gasteiger partial charge on any atom is -0.497 e. The van der Waals surface area contributed by atoms with Gasteiger partial charge in [0.1, 0.15) is 5.75 Å². The van der Waals surface area contributed by atoms with Gasteiger partial charge in [0.05, 0.1) is 13.3 Å². The number of carbonyl (C=O) groups is 1. The lowest BCUT2D eigenvalue weighted by atomic mass is 10.1. The van der Waals surface area contributed by atoms with Gasteiger partial charge >= 0.3 is 0 Å². The van der Waals surface area contributed by atoms with Crippen molar-refractivity contribution < 1.29 is 18.7 Å². The lowest BCUT2D eigenvalue weighted by Crippen LogP contribution is -2.32. The zero-order chi connectivity index (χ0) is 18.8. The third kappa shape index (κ3) is 3.36. The number of benzene rings is 2. The average molecular weight is 367 g/mol. The van der Waals surface area contributed by atoms with Crippen LogP contribution in [-0.2, 0) is 4.79 Å². The standard InChI is InChI=1S/C20H18FN3O3/c1-26-16-6-7-17(21)19(10-16)27-18-8-9-24(20(18)25)15-4-2-13(3-5-15)14-11-22-23-12-14/h2-7,10-12,18H,8-9H2,1H3,(H,22,23). The van der Waals surface area contributed by atoms with Crippen LogP contribution in [0.5, 0.6) is 11.5 Å². The van der Waals surface area contributed by atoms with Crippen molar-refractivity contribution in [1.29, 1.82) is 0 Å². The number of H-pyrrole nitrogens is 1. The highest BCUT2D eigenvalue weighted by Gasteiger charge is 2.34. The van der Waals surface area contributed by atoms with E-state index in [0.29, 0.717) is 18.7 Å². The number of halogens is 1. The van der Waals surface area contributed by atoms with Crippen molar-refractivity contribution in [2.75, 3.05) is 18.6 Å². The van der Waals surface area contributed by atoms with E-state index in [1.54, 1.807) is 11.1 Å². The first-order valence-corrected chi connectivity index (χ1v) is 8.56. The van der Waals surface area contributed by atoms with Gasteiger partial charge in [-0.3, -0.25) is 9.89 Å². The molecule has 2 aromatic carbocycles. The van der Waals surface area contributed by atoms with Crippen LogP contribution in [-0.4, -0.2) is 35.9 Å². The molecular formula is C20H18FN3O3. The summed E-state index contributed by atoms with van der Waals surface area (Å²) >= 11 is 0. The molecule has 0 bridgehead atoms. The van der Waals surface area contributed by atoms with Crippen molar-refractivity contribution in [1.82, 2.24) is 10.2 Å². The van der Waals surface area contributed by atoms with E-state index in [1.165, 1.54) is 25.3 Å². The molecule has 0 saturated carbocycles. The summed E-state index contributed by atoms with van der Waals surface area (Å²) in [4.78, 5) is 14.4. The van der Waals surface area contributed by atoms with Gasteiger partial charge in [0.2, 0.25) is 0 Å². The number of ether oxygens (including phenoxy) is 2. The molecule has 1 N–H and O–H groups in total. The number of nitrogens with one attached hydrogen (secondary N) is 1. The summed E-state index contributed by atoms with van der Waals surface area (Å²) in [7, 11) is 1.49. The second kappa shape index (κ2) is 7.11. The third-order valence-corrected chi connectivity index (χ3v) is 4.57. The topological polar surface area (TPSA) is 67.5 Å². The van der Waals surface area contributed by atoms with Crippen molar-refractivity contribution in [2.24, 2.45) is 0 Å². The van der Waals surface area contributed by atoms with Crippen LogP contribution in [0.15, 0.2) is 54.9 Å². The van der Waals surface area contributed by atoms with Gasteiger partial charge in [-0.2, -0.15) is 5.10 Å². The van der Waals surface area contributed by atoms with Crippen LogP contribution in [0, 0.1) is 5.82 Å². The van der Waals surface area contributed by atoms with Gasteiger partial charge in [-0.15, -0.1) is 0 Å². The molecule has 1 aliphatic heterocycles. The molecule has 4 rings (SSSR count). The molecule has 27 heavy (non-hydrogen) atoms. The summed E-state index contributed by atoms with van der Waals surface area (Å²) in [5.74, 6) is -0.215. The van der Waals surface area contributed by atoms with Gasteiger partial charge in [-0.05, 0) is 29.8 Å². The van der Waals surface area contributed by atoms with Crippen molar-refractivity contribution >= 4 is 11.6 Å². The summed E-state index contributed by atoms with van der Waals surface area (Å²) in [6.45, 7) is 0.514. The Hall–Kier alpha value is -3.35.